The number of hydrogen-bond donors (Lipinski definition) is 2. The Morgan fingerprint density at radius 1 is 0.815 bits per heavy atom. The number of anilines is 1. The molecule has 0 unspecified atom stereocenters. The summed E-state index contributed by atoms with van der Waals surface area (Å²) in [6.45, 7) is 3.29. The van der Waals surface area contributed by atoms with E-state index in [-0.39, 0.29) is 23.4 Å². The molecule has 0 radical (unpaired) electrons. The molecule has 0 heterocycles. The first-order valence-electron chi connectivity index (χ1n) is 10.8. The maximum absolute atomic E-state index is 10.6. The van der Waals surface area contributed by atoms with Crippen LogP contribution in [0.5, 0.6) is 0 Å². The molecule has 0 aliphatic heterocycles. The monoisotopic (exact) mass is 441 g/mol. The van der Waals surface area contributed by atoms with Gasteiger partial charge in [0, 0.05) is 18.7 Å². The highest BCUT2D eigenvalue weighted by Crippen LogP contribution is 2.13. The zero-order chi connectivity index (χ0) is 18.9. The predicted octanol–water partition coefficient (Wildman–Crippen LogP) is 7.39. The van der Waals surface area contributed by atoms with Crippen LogP contribution in [-0.2, 0) is 11.2 Å². The lowest BCUT2D eigenvalue weighted by Crippen LogP contribution is -2.02. The molecule has 0 atom stereocenters. The SMILES string of the molecule is Br.CCCCCCCCCCCCCCNc1ccc(CCC(=O)O)cc1. The number of nitrogens with one attached hydrogen (secondary N) is 1. The maximum Gasteiger partial charge on any atom is 0.303 e. The summed E-state index contributed by atoms with van der Waals surface area (Å²) in [4.78, 5) is 10.6. The molecule has 27 heavy (non-hydrogen) atoms. The third-order valence-corrected chi connectivity index (χ3v) is 4.94. The molecule has 0 aromatic heterocycles. The Morgan fingerprint density at radius 3 is 1.78 bits per heavy atom. The summed E-state index contributed by atoms with van der Waals surface area (Å²) >= 11 is 0. The summed E-state index contributed by atoms with van der Waals surface area (Å²) in [5.41, 5.74) is 2.22. The van der Waals surface area contributed by atoms with Gasteiger partial charge in [-0.15, -0.1) is 17.0 Å². The van der Waals surface area contributed by atoms with Crippen molar-refractivity contribution in [3.63, 3.8) is 0 Å². The van der Waals surface area contributed by atoms with Crippen LogP contribution in [0.15, 0.2) is 24.3 Å². The van der Waals surface area contributed by atoms with Gasteiger partial charge in [-0.1, -0.05) is 89.7 Å². The van der Waals surface area contributed by atoms with Crippen molar-refractivity contribution in [1.82, 2.24) is 0 Å². The molecule has 0 bridgehead atoms. The maximum atomic E-state index is 10.6. The van der Waals surface area contributed by atoms with Crippen molar-refractivity contribution in [1.29, 1.82) is 0 Å². The fourth-order valence-electron chi connectivity index (χ4n) is 3.24. The average Bonchev–Trinajstić information content (AvgIpc) is 2.64. The van der Waals surface area contributed by atoms with Gasteiger partial charge in [-0.25, -0.2) is 0 Å². The van der Waals surface area contributed by atoms with E-state index in [4.69, 9.17) is 5.11 Å². The van der Waals surface area contributed by atoms with Crippen molar-refractivity contribution in [3.05, 3.63) is 29.8 Å². The number of carboxylic acids is 1. The lowest BCUT2D eigenvalue weighted by molar-refractivity contribution is -0.136. The van der Waals surface area contributed by atoms with E-state index < -0.39 is 5.97 Å². The number of aryl methyl sites for hydroxylation is 1. The largest absolute Gasteiger partial charge is 0.481 e. The fraction of sp³-hybridized carbons (Fsp3) is 0.696. The summed E-state index contributed by atoms with van der Waals surface area (Å²) < 4.78 is 0. The molecule has 0 fully saturated rings. The Balaban J connectivity index is 0.00000676. The molecule has 0 spiro atoms. The molecule has 0 aliphatic carbocycles. The summed E-state index contributed by atoms with van der Waals surface area (Å²) in [6.07, 6.45) is 17.3. The molecule has 1 rings (SSSR count). The Hall–Kier alpha value is -1.03. The zero-order valence-electron chi connectivity index (χ0n) is 17.2. The summed E-state index contributed by atoms with van der Waals surface area (Å²) in [5, 5.41) is 12.2. The molecule has 0 saturated carbocycles. The molecule has 156 valence electrons. The van der Waals surface area contributed by atoms with Gasteiger partial charge in [0.2, 0.25) is 0 Å². The van der Waals surface area contributed by atoms with Crippen LogP contribution >= 0.6 is 17.0 Å². The van der Waals surface area contributed by atoms with Crippen molar-refractivity contribution in [2.75, 3.05) is 11.9 Å². The van der Waals surface area contributed by atoms with E-state index in [1.54, 1.807) is 0 Å². The van der Waals surface area contributed by atoms with Crippen molar-refractivity contribution >= 4 is 28.6 Å². The lowest BCUT2D eigenvalue weighted by atomic mass is 10.1. The van der Waals surface area contributed by atoms with Crippen LogP contribution in [0.25, 0.3) is 0 Å². The zero-order valence-corrected chi connectivity index (χ0v) is 18.9. The van der Waals surface area contributed by atoms with Crippen LogP contribution in [0, 0.1) is 0 Å². The highest BCUT2D eigenvalue weighted by molar-refractivity contribution is 8.93. The van der Waals surface area contributed by atoms with E-state index in [1.807, 2.05) is 12.1 Å². The molecule has 1 aromatic carbocycles. The third-order valence-electron chi connectivity index (χ3n) is 4.94. The van der Waals surface area contributed by atoms with Crippen LogP contribution in [-0.4, -0.2) is 17.6 Å². The number of carboxylic acid groups (broad SMARTS) is 1. The minimum absolute atomic E-state index is 0. The third kappa shape index (κ3) is 15.7. The van der Waals surface area contributed by atoms with E-state index in [9.17, 15) is 4.79 Å². The van der Waals surface area contributed by atoms with E-state index in [2.05, 4.69) is 24.4 Å². The Kier molecular flexibility index (Phi) is 17.6. The van der Waals surface area contributed by atoms with Crippen molar-refractivity contribution in [2.24, 2.45) is 0 Å². The van der Waals surface area contributed by atoms with Gasteiger partial charge in [0.15, 0.2) is 0 Å². The minimum atomic E-state index is -0.737. The first kappa shape index (κ1) is 26.0. The second-order valence-corrected chi connectivity index (χ2v) is 7.41. The Labute approximate surface area is 177 Å². The number of carbonyl (C=O) groups is 1. The normalized spacial score (nSPS) is 10.4. The van der Waals surface area contributed by atoms with Gasteiger partial charge >= 0.3 is 5.97 Å². The van der Waals surface area contributed by atoms with Crippen molar-refractivity contribution in [3.8, 4) is 0 Å². The predicted molar refractivity (Wildman–Crippen MR) is 122 cm³/mol. The Bertz CT molecular complexity index is 462. The second-order valence-electron chi connectivity index (χ2n) is 7.41. The number of unbranched alkanes of at least 4 members (excludes halogenated alkanes) is 11. The number of hydrogen-bond acceptors (Lipinski definition) is 2. The second kappa shape index (κ2) is 18.3. The first-order valence-corrected chi connectivity index (χ1v) is 10.8. The van der Waals surface area contributed by atoms with E-state index in [0.717, 1.165) is 17.8 Å². The molecule has 2 N–H and O–H groups in total. The smallest absolute Gasteiger partial charge is 0.303 e. The lowest BCUT2D eigenvalue weighted by Gasteiger charge is -2.07. The number of halogens is 1. The van der Waals surface area contributed by atoms with Gasteiger partial charge in [0.1, 0.15) is 0 Å². The number of aliphatic carboxylic acids is 1. The molecule has 0 saturated heterocycles. The van der Waals surface area contributed by atoms with Crippen LogP contribution in [0.4, 0.5) is 5.69 Å². The van der Waals surface area contributed by atoms with E-state index in [0.29, 0.717) is 6.42 Å². The summed E-state index contributed by atoms with van der Waals surface area (Å²) in [6, 6.07) is 8.15. The van der Waals surface area contributed by atoms with Crippen molar-refractivity contribution < 1.29 is 9.90 Å². The van der Waals surface area contributed by atoms with Crippen LogP contribution < -0.4 is 5.32 Å². The average molecular weight is 442 g/mol. The first-order chi connectivity index (χ1) is 12.7. The highest BCUT2D eigenvalue weighted by Gasteiger charge is 1.99. The van der Waals surface area contributed by atoms with E-state index >= 15 is 0 Å². The van der Waals surface area contributed by atoms with Gasteiger partial charge in [-0.05, 0) is 30.5 Å². The van der Waals surface area contributed by atoms with Gasteiger partial charge in [-0.3, -0.25) is 4.79 Å². The van der Waals surface area contributed by atoms with Gasteiger partial charge < -0.3 is 10.4 Å². The quantitative estimate of drug-likeness (QED) is 0.247. The molecule has 1 aromatic rings. The molecule has 0 aliphatic rings. The summed E-state index contributed by atoms with van der Waals surface area (Å²) in [7, 11) is 0. The van der Waals surface area contributed by atoms with Crippen LogP contribution in [0.3, 0.4) is 0 Å². The molecule has 0 amide bonds. The highest BCUT2D eigenvalue weighted by atomic mass is 79.9. The van der Waals surface area contributed by atoms with Gasteiger partial charge in [0.05, 0.1) is 0 Å². The molecular weight excluding hydrogens is 402 g/mol. The molecular formula is C23H40BrNO2. The standard InChI is InChI=1S/C23H39NO2.BrH/c1-2-3-4-5-6-7-8-9-10-11-12-13-20-24-22-17-14-21(15-18-22)16-19-23(25)26;/h14-15,17-18,24H,2-13,16,19-20H2,1H3,(H,25,26);1H. The van der Waals surface area contributed by atoms with Crippen LogP contribution in [0.1, 0.15) is 96.0 Å². The van der Waals surface area contributed by atoms with Crippen LogP contribution in [0.2, 0.25) is 0 Å². The van der Waals surface area contributed by atoms with Gasteiger partial charge in [-0.2, -0.15) is 0 Å². The van der Waals surface area contributed by atoms with Gasteiger partial charge in [0.25, 0.3) is 0 Å². The topological polar surface area (TPSA) is 49.3 Å². The number of benzene rings is 1. The minimum Gasteiger partial charge on any atom is -0.481 e. The number of rotatable bonds is 17. The molecule has 4 heteroatoms. The van der Waals surface area contributed by atoms with Crippen molar-refractivity contribution in [2.45, 2.75) is 96.8 Å². The Morgan fingerprint density at radius 2 is 1.30 bits per heavy atom. The fourth-order valence-corrected chi connectivity index (χ4v) is 3.24. The molecule has 3 nitrogen and oxygen atoms in total. The summed E-state index contributed by atoms with van der Waals surface area (Å²) in [5.74, 6) is -0.737. The van der Waals surface area contributed by atoms with E-state index in [1.165, 1.54) is 77.0 Å².